The maximum atomic E-state index is 12.2. The molecule has 2 aromatic carbocycles. The molecule has 3 rings (SSSR count). The maximum absolute atomic E-state index is 12.2. The van der Waals surface area contributed by atoms with Crippen LogP contribution < -0.4 is 10.1 Å². The number of amides is 1. The molecule has 0 bridgehead atoms. The van der Waals surface area contributed by atoms with E-state index in [2.05, 4.69) is 31.1 Å². The second-order valence-corrected chi connectivity index (χ2v) is 7.15. The van der Waals surface area contributed by atoms with E-state index in [1.165, 1.54) is 18.2 Å². The van der Waals surface area contributed by atoms with Crippen LogP contribution in [0.5, 0.6) is 5.75 Å². The fraction of sp³-hybridized carbons (Fsp3) is 0.100. The number of aromatic nitrogens is 2. The van der Waals surface area contributed by atoms with Crippen LogP contribution in [0.2, 0.25) is 5.02 Å². The molecule has 0 spiro atoms. The number of nitrogens with zero attached hydrogens (tertiary/aromatic N) is 2. The van der Waals surface area contributed by atoms with Gasteiger partial charge in [-0.25, -0.2) is 0 Å². The predicted molar refractivity (Wildman–Crippen MR) is 111 cm³/mol. The van der Waals surface area contributed by atoms with E-state index in [0.29, 0.717) is 27.4 Å². The number of anilines is 1. The third-order valence-electron chi connectivity index (χ3n) is 3.78. The largest absolute Gasteiger partial charge is 0.435 e. The van der Waals surface area contributed by atoms with Crippen LogP contribution in [0.25, 0.3) is 6.08 Å². The number of benzene rings is 2. The zero-order valence-electron chi connectivity index (χ0n) is 14.9. The Hall–Kier alpha value is -2.71. The summed E-state index contributed by atoms with van der Waals surface area (Å²) in [5.74, 6) is 0.0311. The Kier molecular flexibility index (Phi) is 7.00. The molecule has 0 aliphatic carbocycles. The third kappa shape index (κ3) is 6.13. The molecule has 0 saturated carbocycles. The summed E-state index contributed by atoms with van der Waals surface area (Å²) >= 11 is 9.53. The van der Waals surface area contributed by atoms with Gasteiger partial charge in [-0.15, -0.1) is 0 Å². The first kappa shape index (κ1) is 21.0. The number of carbonyl (C=O) groups excluding carboxylic acids is 1. The highest BCUT2D eigenvalue weighted by molar-refractivity contribution is 9.10. The van der Waals surface area contributed by atoms with Crippen LogP contribution in [0.15, 0.2) is 65.3 Å². The highest BCUT2D eigenvalue weighted by Gasteiger charge is 2.10. The fourth-order valence-corrected chi connectivity index (χ4v) is 3.06. The first-order chi connectivity index (χ1) is 13.9. The summed E-state index contributed by atoms with van der Waals surface area (Å²) in [7, 11) is 0. The van der Waals surface area contributed by atoms with Crippen LogP contribution >= 0.6 is 27.5 Å². The quantitative estimate of drug-likeness (QED) is 0.446. The number of hydrogen-bond donors (Lipinski definition) is 1. The van der Waals surface area contributed by atoms with Crippen molar-refractivity contribution in [3.05, 3.63) is 81.4 Å². The van der Waals surface area contributed by atoms with Gasteiger partial charge in [-0.3, -0.25) is 9.48 Å². The molecular formula is C20H15BrClF2N3O2. The summed E-state index contributed by atoms with van der Waals surface area (Å²) in [6.07, 6.45) is 4.61. The molecule has 9 heteroatoms. The van der Waals surface area contributed by atoms with Gasteiger partial charge in [0.1, 0.15) is 5.75 Å². The number of carbonyl (C=O) groups is 1. The van der Waals surface area contributed by atoms with Crippen LogP contribution in [0.3, 0.4) is 0 Å². The predicted octanol–water partition coefficient (Wildman–Crippen LogP) is 5.60. The van der Waals surface area contributed by atoms with Crippen molar-refractivity contribution in [3.63, 3.8) is 0 Å². The lowest BCUT2D eigenvalue weighted by Gasteiger charge is -2.04. The SMILES string of the molecule is O=C(/C=C\c1ccc(OC(F)F)cc1)Nc1nn(Cc2ccccc2Cl)cc1Br. The van der Waals surface area contributed by atoms with Gasteiger partial charge in [0.15, 0.2) is 5.82 Å². The van der Waals surface area contributed by atoms with Gasteiger partial charge in [0, 0.05) is 17.3 Å². The van der Waals surface area contributed by atoms with Crippen LogP contribution in [0, 0.1) is 0 Å². The van der Waals surface area contributed by atoms with Gasteiger partial charge in [-0.1, -0.05) is 41.9 Å². The topological polar surface area (TPSA) is 56.1 Å². The first-order valence-electron chi connectivity index (χ1n) is 8.41. The Bertz CT molecular complexity index is 1020. The van der Waals surface area contributed by atoms with Crippen molar-refractivity contribution >= 4 is 45.3 Å². The van der Waals surface area contributed by atoms with Gasteiger partial charge in [0.05, 0.1) is 11.0 Å². The van der Waals surface area contributed by atoms with E-state index in [-0.39, 0.29) is 11.7 Å². The van der Waals surface area contributed by atoms with E-state index in [0.717, 1.165) is 5.56 Å². The normalized spacial score (nSPS) is 11.2. The molecule has 0 unspecified atom stereocenters. The molecule has 1 heterocycles. The minimum atomic E-state index is -2.88. The van der Waals surface area contributed by atoms with Crippen molar-refractivity contribution < 1.29 is 18.3 Å². The smallest absolute Gasteiger partial charge is 0.387 e. The number of alkyl halides is 2. The molecule has 3 aromatic rings. The van der Waals surface area contributed by atoms with Gasteiger partial charge < -0.3 is 10.1 Å². The highest BCUT2D eigenvalue weighted by atomic mass is 79.9. The van der Waals surface area contributed by atoms with E-state index in [1.807, 2.05) is 18.2 Å². The van der Waals surface area contributed by atoms with Gasteiger partial charge in [-0.05, 0) is 51.3 Å². The second kappa shape index (κ2) is 9.67. The Morgan fingerprint density at radius 2 is 1.97 bits per heavy atom. The van der Waals surface area contributed by atoms with Gasteiger partial charge in [0.25, 0.3) is 0 Å². The van der Waals surface area contributed by atoms with E-state index >= 15 is 0 Å². The van der Waals surface area contributed by atoms with Crippen LogP contribution in [0.4, 0.5) is 14.6 Å². The Morgan fingerprint density at radius 3 is 2.66 bits per heavy atom. The molecule has 1 amide bonds. The number of rotatable bonds is 7. The summed E-state index contributed by atoms with van der Waals surface area (Å²) in [4.78, 5) is 12.2. The minimum absolute atomic E-state index is 0.0505. The highest BCUT2D eigenvalue weighted by Crippen LogP contribution is 2.23. The van der Waals surface area contributed by atoms with E-state index in [1.54, 1.807) is 35.2 Å². The van der Waals surface area contributed by atoms with Crippen molar-refractivity contribution in [3.8, 4) is 5.75 Å². The zero-order chi connectivity index (χ0) is 20.8. The monoisotopic (exact) mass is 481 g/mol. The molecule has 1 aromatic heterocycles. The average molecular weight is 483 g/mol. The molecule has 5 nitrogen and oxygen atoms in total. The molecule has 0 aliphatic heterocycles. The molecular weight excluding hydrogens is 468 g/mol. The lowest BCUT2D eigenvalue weighted by molar-refractivity contribution is -0.111. The van der Waals surface area contributed by atoms with E-state index in [9.17, 15) is 13.6 Å². The van der Waals surface area contributed by atoms with Crippen molar-refractivity contribution in [2.24, 2.45) is 0 Å². The standard InChI is InChI=1S/C20H15BrClF2N3O2/c21-16-12-27(11-14-3-1-2-4-17(14)22)26-19(16)25-18(28)10-7-13-5-8-15(9-6-13)29-20(23)24/h1-10,12,20H,11H2,(H,25,26,28)/b10-7-. The summed E-state index contributed by atoms with van der Waals surface area (Å²) in [6, 6.07) is 13.4. The lowest BCUT2D eigenvalue weighted by atomic mass is 10.2. The summed E-state index contributed by atoms with van der Waals surface area (Å²) in [6.45, 7) is -2.42. The van der Waals surface area contributed by atoms with Crippen molar-refractivity contribution in [1.29, 1.82) is 0 Å². The van der Waals surface area contributed by atoms with E-state index in [4.69, 9.17) is 11.6 Å². The Balaban J connectivity index is 1.61. The minimum Gasteiger partial charge on any atom is -0.435 e. The van der Waals surface area contributed by atoms with E-state index < -0.39 is 6.61 Å². The first-order valence-corrected chi connectivity index (χ1v) is 9.58. The molecule has 0 aliphatic rings. The molecule has 29 heavy (non-hydrogen) atoms. The number of nitrogens with one attached hydrogen (secondary N) is 1. The molecule has 0 atom stereocenters. The Labute approximate surface area is 179 Å². The van der Waals surface area contributed by atoms with Gasteiger partial charge in [0.2, 0.25) is 5.91 Å². The fourth-order valence-electron chi connectivity index (χ4n) is 2.45. The van der Waals surface area contributed by atoms with Crippen LogP contribution in [-0.4, -0.2) is 22.3 Å². The molecule has 0 radical (unpaired) electrons. The Morgan fingerprint density at radius 1 is 1.24 bits per heavy atom. The number of ether oxygens (including phenoxy) is 1. The second-order valence-electron chi connectivity index (χ2n) is 5.88. The van der Waals surface area contributed by atoms with Crippen molar-refractivity contribution in [2.45, 2.75) is 13.2 Å². The number of halogens is 4. The van der Waals surface area contributed by atoms with Crippen molar-refractivity contribution in [1.82, 2.24) is 9.78 Å². The average Bonchev–Trinajstić information content (AvgIpc) is 3.01. The van der Waals surface area contributed by atoms with Gasteiger partial charge in [-0.2, -0.15) is 13.9 Å². The molecule has 0 fully saturated rings. The van der Waals surface area contributed by atoms with Crippen molar-refractivity contribution in [2.75, 3.05) is 5.32 Å². The molecule has 0 saturated heterocycles. The summed E-state index contributed by atoms with van der Waals surface area (Å²) < 4.78 is 30.9. The van der Waals surface area contributed by atoms with Crippen LogP contribution in [-0.2, 0) is 11.3 Å². The van der Waals surface area contributed by atoms with Crippen LogP contribution in [0.1, 0.15) is 11.1 Å². The third-order valence-corrected chi connectivity index (χ3v) is 4.73. The maximum Gasteiger partial charge on any atom is 0.387 e. The molecule has 150 valence electrons. The number of hydrogen-bond acceptors (Lipinski definition) is 3. The molecule has 1 N–H and O–H groups in total. The van der Waals surface area contributed by atoms with Gasteiger partial charge >= 0.3 is 6.61 Å². The zero-order valence-corrected chi connectivity index (χ0v) is 17.2. The summed E-state index contributed by atoms with van der Waals surface area (Å²) in [5, 5.41) is 7.65. The lowest BCUT2D eigenvalue weighted by Crippen LogP contribution is -2.09. The summed E-state index contributed by atoms with van der Waals surface area (Å²) in [5.41, 5.74) is 1.56.